The zero-order valence-corrected chi connectivity index (χ0v) is 10.4. The summed E-state index contributed by atoms with van der Waals surface area (Å²) in [5.41, 5.74) is 0.734. The van der Waals surface area contributed by atoms with Crippen molar-refractivity contribution in [3.63, 3.8) is 0 Å². The summed E-state index contributed by atoms with van der Waals surface area (Å²) in [6.45, 7) is 1.82. The summed E-state index contributed by atoms with van der Waals surface area (Å²) in [7, 11) is 0. The molecule has 0 spiro atoms. The van der Waals surface area contributed by atoms with E-state index in [4.69, 9.17) is 23.2 Å². The van der Waals surface area contributed by atoms with Gasteiger partial charge in [0.05, 0.1) is 0 Å². The van der Waals surface area contributed by atoms with Crippen LogP contribution in [0, 0.1) is 6.92 Å². The molecule has 2 nitrogen and oxygen atoms in total. The van der Waals surface area contributed by atoms with Gasteiger partial charge in [-0.1, -0.05) is 0 Å². The SMILES string of the molecule is Cc1nc([Se])c2cc(Cl)cc(Cl)c2n1. The van der Waals surface area contributed by atoms with Gasteiger partial charge in [0.2, 0.25) is 0 Å². The molecule has 0 saturated carbocycles. The average Bonchev–Trinajstić information content (AvgIpc) is 2.07. The van der Waals surface area contributed by atoms with Crippen molar-refractivity contribution in [3.05, 3.63) is 28.0 Å². The van der Waals surface area contributed by atoms with Crippen molar-refractivity contribution in [2.75, 3.05) is 0 Å². The summed E-state index contributed by atoms with van der Waals surface area (Å²) in [5.74, 6) is 0.690. The predicted molar refractivity (Wildman–Crippen MR) is 59.7 cm³/mol. The van der Waals surface area contributed by atoms with Gasteiger partial charge in [0.15, 0.2) is 0 Å². The van der Waals surface area contributed by atoms with Crippen molar-refractivity contribution in [2.45, 2.75) is 6.92 Å². The average molecular weight is 291 g/mol. The van der Waals surface area contributed by atoms with E-state index in [1.807, 2.05) is 6.92 Å². The van der Waals surface area contributed by atoms with E-state index in [9.17, 15) is 0 Å². The summed E-state index contributed by atoms with van der Waals surface area (Å²) < 4.78 is 0.775. The van der Waals surface area contributed by atoms with Crippen LogP contribution in [0.2, 0.25) is 10.0 Å². The van der Waals surface area contributed by atoms with Crippen LogP contribution in [0.15, 0.2) is 12.1 Å². The summed E-state index contributed by atoms with van der Waals surface area (Å²) in [6.07, 6.45) is 0. The fourth-order valence-corrected chi connectivity index (χ4v) is 2.38. The minimum absolute atomic E-state index is 0.550. The van der Waals surface area contributed by atoms with E-state index < -0.39 is 0 Å². The number of benzene rings is 1. The molecule has 71 valence electrons. The van der Waals surface area contributed by atoms with Gasteiger partial charge in [-0.05, 0) is 0 Å². The molecule has 1 heterocycles. The topological polar surface area (TPSA) is 25.8 Å². The molecule has 0 fully saturated rings. The fraction of sp³-hybridized carbons (Fsp3) is 0.111. The monoisotopic (exact) mass is 291 g/mol. The third-order valence-corrected chi connectivity index (χ3v) is 2.95. The fourth-order valence-electron chi connectivity index (χ4n) is 1.24. The summed E-state index contributed by atoms with van der Waals surface area (Å²) in [5, 5.41) is 1.99. The number of halogens is 2. The van der Waals surface area contributed by atoms with Crippen molar-refractivity contribution in [2.24, 2.45) is 0 Å². The molecule has 2 rings (SSSR count). The first-order chi connectivity index (χ1) is 6.58. The molecule has 0 aliphatic heterocycles. The van der Waals surface area contributed by atoms with Gasteiger partial charge in [-0.2, -0.15) is 0 Å². The van der Waals surface area contributed by atoms with Crippen LogP contribution >= 0.6 is 23.2 Å². The molecule has 0 atom stereocenters. The number of fused-ring (bicyclic) bond motifs is 1. The molecule has 1 aromatic heterocycles. The Morgan fingerprint density at radius 3 is 2.64 bits per heavy atom. The Labute approximate surface area is 99.5 Å². The first-order valence-corrected chi connectivity index (χ1v) is 5.49. The third kappa shape index (κ3) is 1.73. The van der Waals surface area contributed by atoms with E-state index in [-0.39, 0.29) is 0 Å². The van der Waals surface area contributed by atoms with Crippen molar-refractivity contribution in [1.82, 2.24) is 9.97 Å². The van der Waals surface area contributed by atoms with Crippen LogP contribution in [0.5, 0.6) is 0 Å². The molecule has 5 heteroatoms. The molecule has 0 bridgehead atoms. The molecule has 2 aromatic rings. The maximum absolute atomic E-state index is 6.02. The predicted octanol–water partition coefficient (Wildman–Crippen LogP) is 2.04. The van der Waals surface area contributed by atoms with Gasteiger partial charge in [0.1, 0.15) is 0 Å². The van der Waals surface area contributed by atoms with Crippen molar-refractivity contribution in [3.8, 4) is 0 Å². The Balaban J connectivity index is 2.94. The first kappa shape index (κ1) is 10.2. The molecule has 0 saturated heterocycles. The Morgan fingerprint density at radius 1 is 1.21 bits per heavy atom. The van der Waals surface area contributed by atoms with Gasteiger partial charge < -0.3 is 0 Å². The van der Waals surface area contributed by atoms with Gasteiger partial charge >= 0.3 is 99.6 Å². The van der Waals surface area contributed by atoms with Gasteiger partial charge in [-0.15, -0.1) is 0 Å². The summed E-state index contributed by atoms with van der Waals surface area (Å²) >= 11 is 14.8. The number of hydrogen-bond acceptors (Lipinski definition) is 2. The number of rotatable bonds is 0. The van der Waals surface area contributed by atoms with Crippen LogP contribution in [0.1, 0.15) is 5.82 Å². The molecule has 0 unspecified atom stereocenters. The van der Waals surface area contributed by atoms with Gasteiger partial charge in [-0.3, -0.25) is 0 Å². The van der Waals surface area contributed by atoms with Crippen molar-refractivity contribution < 1.29 is 0 Å². The molecular formula is C9H5Cl2N2Se. The molecular weight excluding hydrogens is 286 g/mol. The number of nitrogens with zero attached hydrogens (tertiary/aromatic N) is 2. The van der Waals surface area contributed by atoms with Crippen LogP contribution in [-0.4, -0.2) is 26.0 Å². The number of hydrogen-bond donors (Lipinski definition) is 0. The van der Waals surface area contributed by atoms with Gasteiger partial charge in [0, 0.05) is 0 Å². The standard InChI is InChI=1S/C9H5Cl2N2Se/c1-4-12-8-6(9(14)13-4)2-5(10)3-7(8)11/h2-3H,1H3. The van der Waals surface area contributed by atoms with Gasteiger partial charge in [0.25, 0.3) is 0 Å². The van der Waals surface area contributed by atoms with E-state index in [0.29, 0.717) is 15.9 Å². The Kier molecular flexibility index (Phi) is 2.67. The van der Waals surface area contributed by atoms with E-state index in [2.05, 4.69) is 26.0 Å². The quantitative estimate of drug-likeness (QED) is 0.694. The Hall–Kier alpha value is -0.341. The number of aryl methyl sites for hydroxylation is 1. The summed E-state index contributed by atoms with van der Waals surface area (Å²) in [4.78, 5) is 8.46. The van der Waals surface area contributed by atoms with Crippen molar-refractivity contribution in [1.29, 1.82) is 0 Å². The maximum atomic E-state index is 6.02. The third-order valence-electron chi connectivity index (χ3n) is 1.80. The summed E-state index contributed by atoms with van der Waals surface area (Å²) in [6, 6.07) is 3.48. The molecule has 1 aromatic carbocycles. The van der Waals surface area contributed by atoms with Crippen LogP contribution in [-0.2, 0) is 0 Å². The normalized spacial score (nSPS) is 10.8. The van der Waals surface area contributed by atoms with E-state index in [1.54, 1.807) is 12.1 Å². The zero-order valence-electron chi connectivity index (χ0n) is 7.21. The second kappa shape index (κ2) is 3.67. The Bertz CT molecular complexity index is 466. The van der Waals surface area contributed by atoms with Crippen molar-refractivity contribution >= 4 is 54.7 Å². The van der Waals surface area contributed by atoms with Crippen LogP contribution < -0.4 is 4.59 Å². The van der Waals surface area contributed by atoms with E-state index in [1.165, 1.54) is 0 Å². The molecule has 0 aliphatic carbocycles. The Morgan fingerprint density at radius 2 is 1.93 bits per heavy atom. The van der Waals surface area contributed by atoms with E-state index in [0.717, 1.165) is 15.5 Å². The first-order valence-electron chi connectivity index (χ1n) is 3.88. The number of aromatic nitrogens is 2. The van der Waals surface area contributed by atoms with E-state index >= 15 is 0 Å². The van der Waals surface area contributed by atoms with Gasteiger partial charge in [-0.25, -0.2) is 0 Å². The zero-order chi connectivity index (χ0) is 10.3. The molecule has 0 aliphatic rings. The molecule has 0 amide bonds. The molecule has 0 N–H and O–H groups in total. The molecule has 1 radical (unpaired) electrons. The molecule has 14 heavy (non-hydrogen) atoms. The van der Waals surface area contributed by atoms with Crippen LogP contribution in [0.25, 0.3) is 10.9 Å². The second-order valence-corrected chi connectivity index (χ2v) is 4.51. The minimum atomic E-state index is 0.550. The van der Waals surface area contributed by atoms with Crippen LogP contribution in [0.3, 0.4) is 0 Å². The second-order valence-electron chi connectivity index (χ2n) is 2.86. The van der Waals surface area contributed by atoms with Crippen LogP contribution in [0.4, 0.5) is 0 Å².